The van der Waals surface area contributed by atoms with E-state index in [0.717, 1.165) is 0 Å². The monoisotopic (exact) mass is 274 g/mol. The molecule has 0 aliphatic heterocycles. The van der Waals surface area contributed by atoms with E-state index in [1.807, 2.05) is 34.6 Å². The molecule has 6 nitrogen and oxygen atoms in total. The molecule has 2 N–H and O–H groups in total. The quantitative estimate of drug-likeness (QED) is 0.567. The molecule has 0 aliphatic rings. The van der Waals surface area contributed by atoms with Crippen molar-refractivity contribution in [2.45, 2.75) is 45.8 Å². The van der Waals surface area contributed by atoms with E-state index < -0.39 is 11.1 Å². The minimum Gasteiger partial charge on any atom is -0.372 e. The van der Waals surface area contributed by atoms with Crippen LogP contribution in [-0.4, -0.2) is 49.8 Å². The molecule has 112 valence electrons. The summed E-state index contributed by atoms with van der Waals surface area (Å²) in [6.07, 6.45) is 0.639. The maximum Gasteiger partial charge on any atom is 0.246 e. The standard InChI is InChI=1S/C13H26N2O4/c1-6-18-7-11(17)15-12(2,3)9-19-13(4,5)8-14-10-16/h10H,6-9H2,1-5H3,(H,14,16)(H,15,17). The van der Waals surface area contributed by atoms with Gasteiger partial charge < -0.3 is 20.1 Å². The molecular formula is C13H26N2O4. The molecule has 0 bridgehead atoms. The highest BCUT2D eigenvalue weighted by Gasteiger charge is 2.26. The van der Waals surface area contributed by atoms with E-state index >= 15 is 0 Å². The van der Waals surface area contributed by atoms with Crippen LogP contribution in [0.3, 0.4) is 0 Å². The lowest BCUT2D eigenvalue weighted by atomic mass is 10.1. The maximum absolute atomic E-state index is 11.6. The van der Waals surface area contributed by atoms with E-state index in [9.17, 15) is 9.59 Å². The topological polar surface area (TPSA) is 76.7 Å². The molecule has 0 rings (SSSR count). The summed E-state index contributed by atoms with van der Waals surface area (Å²) in [5.41, 5.74) is -0.977. The third kappa shape index (κ3) is 9.44. The van der Waals surface area contributed by atoms with E-state index in [2.05, 4.69) is 10.6 Å². The van der Waals surface area contributed by atoms with Gasteiger partial charge in [0.15, 0.2) is 0 Å². The number of nitrogens with one attached hydrogen (secondary N) is 2. The van der Waals surface area contributed by atoms with Crippen LogP contribution in [0.15, 0.2) is 0 Å². The lowest BCUT2D eigenvalue weighted by Gasteiger charge is -2.32. The van der Waals surface area contributed by atoms with Crippen molar-refractivity contribution in [3.63, 3.8) is 0 Å². The van der Waals surface area contributed by atoms with Crippen molar-refractivity contribution < 1.29 is 19.1 Å². The second-order valence-corrected chi connectivity index (χ2v) is 5.62. The Labute approximate surface area is 115 Å². The van der Waals surface area contributed by atoms with Gasteiger partial charge in [-0.15, -0.1) is 0 Å². The summed E-state index contributed by atoms with van der Waals surface area (Å²) in [6.45, 7) is 10.7. The molecule has 0 saturated carbocycles. The summed E-state index contributed by atoms with van der Waals surface area (Å²) >= 11 is 0. The van der Waals surface area contributed by atoms with E-state index in [1.54, 1.807) is 0 Å². The van der Waals surface area contributed by atoms with Gasteiger partial charge in [-0.2, -0.15) is 0 Å². The molecule has 0 spiro atoms. The van der Waals surface area contributed by atoms with Gasteiger partial charge >= 0.3 is 0 Å². The fraction of sp³-hybridized carbons (Fsp3) is 0.846. The Morgan fingerprint density at radius 3 is 2.42 bits per heavy atom. The van der Waals surface area contributed by atoms with Crippen molar-refractivity contribution >= 4 is 12.3 Å². The van der Waals surface area contributed by atoms with Crippen LogP contribution < -0.4 is 10.6 Å². The predicted molar refractivity (Wildman–Crippen MR) is 72.8 cm³/mol. The lowest BCUT2D eigenvalue weighted by molar-refractivity contribution is -0.129. The van der Waals surface area contributed by atoms with Crippen molar-refractivity contribution in [3.8, 4) is 0 Å². The Kier molecular flexibility index (Phi) is 7.63. The van der Waals surface area contributed by atoms with E-state index in [0.29, 0.717) is 26.2 Å². The van der Waals surface area contributed by atoms with Crippen molar-refractivity contribution in [2.24, 2.45) is 0 Å². The van der Waals surface area contributed by atoms with Crippen LogP contribution in [0.5, 0.6) is 0 Å². The van der Waals surface area contributed by atoms with Gasteiger partial charge in [0.2, 0.25) is 12.3 Å². The molecule has 6 heteroatoms. The van der Waals surface area contributed by atoms with Crippen LogP contribution in [0, 0.1) is 0 Å². The highest BCUT2D eigenvalue weighted by molar-refractivity contribution is 5.77. The molecule has 0 radical (unpaired) electrons. The van der Waals surface area contributed by atoms with Crippen LogP contribution in [-0.2, 0) is 19.1 Å². The third-order valence-corrected chi connectivity index (χ3v) is 2.35. The van der Waals surface area contributed by atoms with Crippen LogP contribution in [0.2, 0.25) is 0 Å². The number of rotatable bonds is 10. The van der Waals surface area contributed by atoms with Gasteiger partial charge in [-0.1, -0.05) is 0 Å². The SMILES string of the molecule is CCOCC(=O)NC(C)(C)COC(C)(C)CNC=O. The van der Waals surface area contributed by atoms with Gasteiger partial charge in [-0.05, 0) is 34.6 Å². The minimum absolute atomic E-state index is 0.0516. The number of hydrogen-bond acceptors (Lipinski definition) is 4. The Balaban J connectivity index is 4.14. The Bertz CT molecular complexity index is 290. The summed E-state index contributed by atoms with van der Waals surface area (Å²) in [4.78, 5) is 21.8. The van der Waals surface area contributed by atoms with Gasteiger partial charge in [0.25, 0.3) is 0 Å². The van der Waals surface area contributed by atoms with Crippen LogP contribution in [0.1, 0.15) is 34.6 Å². The molecule has 0 unspecified atom stereocenters. The fourth-order valence-electron chi connectivity index (χ4n) is 1.36. The van der Waals surface area contributed by atoms with Crippen molar-refractivity contribution in [3.05, 3.63) is 0 Å². The van der Waals surface area contributed by atoms with Gasteiger partial charge in [0.05, 0.1) is 17.7 Å². The van der Waals surface area contributed by atoms with Gasteiger partial charge in [-0.25, -0.2) is 0 Å². The molecule has 0 aromatic rings. The zero-order valence-corrected chi connectivity index (χ0v) is 12.5. The molecule has 0 aromatic heterocycles. The summed E-state index contributed by atoms with van der Waals surface area (Å²) < 4.78 is 10.8. The van der Waals surface area contributed by atoms with E-state index in [1.165, 1.54) is 0 Å². The predicted octanol–water partition coefficient (Wildman–Crippen LogP) is 0.459. The average molecular weight is 274 g/mol. The first kappa shape index (κ1) is 17.9. The molecule has 19 heavy (non-hydrogen) atoms. The lowest BCUT2D eigenvalue weighted by Crippen LogP contribution is -2.51. The van der Waals surface area contributed by atoms with Crippen LogP contribution in [0.25, 0.3) is 0 Å². The van der Waals surface area contributed by atoms with Crippen molar-refractivity contribution in [1.82, 2.24) is 10.6 Å². The molecule has 0 atom stereocenters. The summed E-state index contributed by atoms with van der Waals surface area (Å²) in [6, 6.07) is 0. The number of carbonyl (C=O) groups excluding carboxylic acids is 2. The Morgan fingerprint density at radius 1 is 1.26 bits per heavy atom. The number of ether oxygens (including phenoxy) is 2. The summed E-state index contributed by atoms with van der Waals surface area (Å²) in [7, 11) is 0. The normalized spacial score (nSPS) is 12.1. The summed E-state index contributed by atoms with van der Waals surface area (Å²) in [5.74, 6) is -0.167. The second-order valence-electron chi connectivity index (χ2n) is 5.62. The number of hydrogen-bond donors (Lipinski definition) is 2. The smallest absolute Gasteiger partial charge is 0.246 e. The fourth-order valence-corrected chi connectivity index (χ4v) is 1.36. The Hall–Kier alpha value is -1.14. The second kappa shape index (κ2) is 8.12. The first-order chi connectivity index (χ1) is 8.72. The zero-order chi connectivity index (χ0) is 14.9. The molecule has 0 aromatic carbocycles. The van der Waals surface area contributed by atoms with Gasteiger partial charge in [-0.3, -0.25) is 9.59 Å². The van der Waals surface area contributed by atoms with Crippen molar-refractivity contribution in [2.75, 3.05) is 26.4 Å². The first-order valence-electron chi connectivity index (χ1n) is 6.42. The highest BCUT2D eigenvalue weighted by atomic mass is 16.5. The molecule has 0 aliphatic carbocycles. The number of carbonyl (C=O) groups is 2. The average Bonchev–Trinajstić information content (AvgIpc) is 2.31. The van der Waals surface area contributed by atoms with Gasteiger partial charge in [0, 0.05) is 13.2 Å². The Morgan fingerprint density at radius 2 is 1.89 bits per heavy atom. The molecule has 0 heterocycles. The molecule has 0 fully saturated rings. The largest absolute Gasteiger partial charge is 0.372 e. The number of amides is 2. The summed E-state index contributed by atoms with van der Waals surface area (Å²) in [5, 5.41) is 5.42. The van der Waals surface area contributed by atoms with Gasteiger partial charge in [0.1, 0.15) is 6.61 Å². The maximum atomic E-state index is 11.6. The minimum atomic E-state index is -0.493. The van der Waals surface area contributed by atoms with Crippen LogP contribution >= 0.6 is 0 Å². The zero-order valence-electron chi connectivity index (χ0n) is 12.5. The highest BCUT2D eigenvalue weighted by Crippen LogP contribution is 2.12. The molecule has 2 amide bonds. The molecule has 0 saturated heterocycles. The third-order valence-electron chi connectivity index (χ3n) is 2.35. The first-order valence-corrected chi connectivity index (χ1v) is 6.42. The van der Waals surface area contributed by atoms with Crippen molar-refractivity contribution in [1.29, 1.82) is 0 Å². The van der Waals surface area contributed by atoms with Crippen LogP contribution in [0.4, 0.5) is 0 Å². The molecular weight excluding hydrogens is 248 g/mol. The van der Waals surface area contributed by atoms with E-state index in [-0.39, 0.29) is 12.5 Å². The van der Waals surface area contributed by atoms with E-state index in [4.69, 9.17) is 9.47 Å².